The summed E-state index contributed by atoms with van der Waals surface area (Å²) >= 11 is 0. The second kappa shape index (κ2) is 8.64. The lowest BCUT2D eigenvalue weighted by molar-refractivity contribution is 0.475. The van der Waals surface area contributed by atoms with E-state index in [1.807, 2.05) is 0 Å². The van der Waals surface area contributed by atoms with Gasteiger partial charge in [-0.15, -0.1) is 0 Å². The Morgan fingerprint density at radius 2 is 1.57 bits per heavy atom. The topological polar surface area (TPSA) is 181 Å². The number of anilines is 1. The number of rotatable bonds is 6. The Kier molecular flexibility index (Phi) is 6.45. The molecule has 0 saturated heterocycles. The predicted molar refractivity (Wildman–Crippen MR) is 103 cm³/mol. The van der Waals surface area contributed by atoms with Gasteiger partial charge in [0.1, 0.15) is 39.4 Å². The largest absolute Gasteiger partial charge is 0.379 e. The van der Waals surface area contributed by atoms with Crippen molar-refractivity contribution in [2.24, 2.45) is 0 Å². The normalized spacial score (nSPS) is 10.8. The summed E-state index contributed by atoms with van der Waals surface area (Å²) in [5.74, 6) is -0.433. The predicted octanol–water partition coefficient (Wildman–Crippen LogP) is 2.25. The van der Waals surface area contributed by atoms with Crippen LogP contribution in [-0.2, 0) is 20.2 Å². The molecular weight excluding hydrogens is 432 g/mol. The number of allylic oxidation sites excluding steroid dienone is 2. The number of benzene rings is 2. The van der Waals surface area contributed by atoms with Crippen molar-refractivity contribution in [3.8, 4) is 24.0 Å². The molecule has 30 heavy (non-hydrogen) atoms. The van der Waals surface area contributed by atoms with Crippen molar-refractivity contribution in [2.75, 3.05) is 5.32 Å². The van der Waals surface area contributed by atoms with Crippen molar-refractivity contribution in [3.63, 3.8) is 0 Å². The summed E-state index contributed by atoms with van der Waals surface area (Å²) in [6.07, 6.45) is 0. The van der Waals surface area contributed by atoms with Crippen LogP contribution in [0.2, 0.25) is 0 Å². The smallest absolute Gasteiger partial charge is 0.339 e. The quantitative estimate of drug-likeness (QED) is 0.381. The molecule has 0 aliphatic heterocycles. The Hall–Kier alpha value is -3.89. The number of nitrogens with one attached hydrogen (secondary N) is 1. The third-order valence-electron chi connectivity index (χ3n) is 3.59. The fraction of sp³-hybridized carbons (Fsp3) is 0.0556. The van der Waals surface area contributed by atoms with E-state index < -0.39 is 42.2 Å². The van der Waals surface area contributed by atoms with Crippen LogP contribution in [0.3, 0.4) is 0 Å². The van der Waals surface area contributed by atoms with Gasteiger partial charge in [-0.3, -0.25) is 4.55 Å². The van der Waals surface area contributed by atoms with Crippen LogP contribution in [0.4, 0.5) is 5.69 Å². The fourth-order valence-corrected chi connectivity index (χ4v) is 3.75. The van der Waals surface area contributed by atoms with Gasteiger partial charge in [-0.1, -0.05) is 17.7 Å². The van der Waals surface area contributed by atoms with Crippen molar-refractivity contribution < 1.29 is 25.6 Å². The molecule has 2 aromatic rings. The zero-order valence-electron chi connectivity index (χ0n) is 15.2. The van der Waals surface area contributed by atoms with Gasteiger partial charge in [0.15, 0.2) is 5.57 Å². The maximum atomic E-state index is 12.4. The minimum Gasteiger partial charge on any atom is -0.379 e. The second-order valence-electron chi connectivity index (χ2n) is 5.69. The summed E-state index contributed by atoms with van der Waals surface area (Å²) < 4.78 is 62.6. The third-order valence-corrected chi connectivity index (χ3v) is 5.75. The molecule has 0 amide bonds. The van der Waals surface area contributed by atoms with Gasteiger partial charge in [-0.2, -0.15) is 32.6 Å². The Bertz CT molecular complexity index is 1340. The van der Waals surface area contributed by atoms with E-state index >= 15 is 0 Å². The van der Waals surface area contributed by atoms with E-state index in [4.69, 9.17) is 20.0 Å². The van der Waals surface area contributed by atoms with Crippen LogP contribution >= 0.6 is 0 Å². The summed E-state index contributed by atoms with van der Waals surface area (Å²) in [6.45, 7) is 1.76. The molecule has 2 rings (SSSR count). The summed E-state index contributed by atoms with van der Waals surface area (Å²) in [5, 5.41) is 29.1. The fourth-order valence-electron chi connectivity index (χ4n) is 2.17. The van der Waals surface area contributed by atoms with Crippen molar-refractivity contribution in [1.29, 1.82) is 15.8 Å². The SMILES string of the molecule is Cc1ccc(S(=O)(=O)Oc2ccc(NC(C#N)=C(C#N)C#N)c(S(=O)(=O)O)c2)cc1. The van der Waals surface area contributed by atoms with Crippen molar-refractivity contribution in [3.05, 3.63) is 59.3 Å². The third kappa shape index (κ3) is 5.13. The van der Waals surface area contributed by atoms with Crippen molar-refractivity contribution in [2.45, 2.75) is 16.7 Å². The Morgan fingerprint density at radius 1 is 0.967 bits per heavy atom. The number of nitrogens with zero attached hydrogens (tertiary/aromatic N) is 3. The van der Waals surface area contributed by atoms with E-state index in [1.165, 1.54) is 30.3 Å². The number of hydrogen-bond acceptors (Lipinski definition) is 9. The molecule has 0 aliphatic rings. The molecule has 0 unspecified atom stereocenters. The monoisotopic (exact) mass is 444 g/mol. The Morgan fingerprint density at radius 3 is 2.07 bits per heavy atom. The molecule has 152 valence electrons. The minimum atomic E-state index is -4.91. The highest BCUT2D eigenvalue weighted by Crippen LogP contribution is 2.29. The van der Waals surface area contributed by atoms with Crippen molar-refractivity contribution in [1.82, 2.24) is 0 Å². The minimum absolute atomic E-state index is 0.175. The zero-order chi connectivity index (χ0) is 22.5. The van der Waals surface area contributed by atoms with Crippen LogP contribution in [0.25, 0.3) is 0 Å². The van der Waals surface area contributed by atoms with Crippen LogP contribution in [-0.4, -0.2) is 21.4 Å². The van der Waals surface area contributed by atoms with E-state index in [-0.39, 0.29) is 10.6 Å². The van der Waals surface area contributed by atoms with E-state index in [0.717, 1.165) is 23.8 Å². The van der Waals surface area contributed by atoms with Gasteiger partial charge in [0.25, 0.3) is 10.1 Å². The molecule has 2 aromatic carbocycles. The number of aryl methyl sites for hydroxylation is 1. The first-order valence-corrected chi connectivity index (χ1v) is 10.7. The van der Waals surface area contributed by atoms with Gasteiger partial charge in [-0.25, -0.2) is 0 Å². The van der Waals surface area contributed by atoms with E-state index in [1.54, 1.807) is 19.1 Å². The van der Waals surface area contributed by atoms with Crippen LogP contribution in [0, 0.1) is 40.9 Å². The van der Waals surface area contributed by atoms with Crippen LogP contribution in [0.5, 0.6) is 5.75 Å². The van der Waals surface area contributed by atoms with E-state index in [0.29, 0.717) is 0 Å². The second-order valence-corrected chi connectivity index (χ2v) is 8.63. The molecule has 0 radical (unpaired) electrons. The molecular formula is C18H12N4O6S2. The van der Waals surface area contributed by atoms with E-state index in [9.17, 15) is 21.4 Å². The highest BCUT2D eigenvalue weighted by molar-refractivity contribution is 7.87. The highest BCUT2D eigenvalue weighted by Gasteiger charge is 2.22. The first-order valence-electron chi connectivity index (χ1n) is 7.86. The summed E-state index contributed by atoms with van der Waals surface area (Å²) in [6, 6.07) is 13.0. The van der Waals surface area contributed by atoms with Crippen LogP contribution in [0.15, 0.2) is 63.5 Å². The molecule has 10 nitrogen and oxygen atoms in total. The van der Waals surface area contributed by atoms with Gasteiger partial charge in [0, 0.05) is 6.07 Å². The Balaban J connectivity index is 2.51. The summed E-state index contributed by atoms with van der Waals surface area (Å²) in [5.41, 5.74) is -0.752. The summed E-state index contributed by atoms with van der Waals surface area (Å²) in [4.78, 5) is -1.01. The van der Waals surface area contributed by atoms with Gasteiger partial charge in [0.2, 0.25) is 0 Å². The number of hydrogen-bond donors (Lipinski definition) is 2. The first-order chi connectivity index (χ1) is 14.0. The molecule has 0 aliphatic carbocycles. The van der Waals surface area contributed by atoms with Gasteiger partial charge >= 0.3 is 10.1 Å². The van der Waals surface area contributed by atoms with Gasteiger partial charge in [0.05, 0.1) is 5.69 Å². The maximum absolute atomic E-state index is 12.4. The number of nitriles is 3. The molecule has 0 heterocycles. The van der Waals surface area contributed by atoms with E-state index in [2.05, 4.69) is 5.32 Å². The molecule has 2 N–H and O–H groups in total. The Labute approximate surface area is 172 Å². The maximum Gasteiger partial charge on any atom is 0.339 e. The molecule has 0 fully saturated rings. The average Bonchev–Trinajstić information content (AvgIpc) is 2.68. The lowest BCUT2D eigenvalue weighted by Gasteiger charge is -2.12. The molecule has 0 saturated carbocycles. The summed E-state index contributed by atoms with van der Waals surface area (Å²) in [7, 11) is -9.21. The molecule has 0 bridgehead atoms. The first kappa shape index (κ1) is 22.4. The van der Waals surface area contributed by atoms with Crippen LogP contribution in [0.1, 0.15) is 5.56 Å². The van der Waals surface area contributed by atoms with Gasteiger partial charge in [-0.05, 0) is 31.2 Å². The molecule has 0 atom stereocenters. The lowest BCUT2D eigenvalue weighted by atomic mass is 10.2. The lowest BCUT2D eigenvalue weighted by Crippen LogP contribution is -2.11. The molecule has 0 aromatic heterocycles. The average molecular weight is 444 g/mol. The molecule has 12 heteroatoms. The standard InChI is InChI=1S/C18H12N4O6S2/c1-12-2-5-15(6-3-12)30(26,27)28-14-4-7-16(18(8-14)29(23,24)25)22-17(11-21)13(9-19)10-20/h2-8,22H,1H3,(H,23,24,25). The van der Waals surface area contributed by atoms with Crippen molar-refractivity contribution >= 4 is 25.9 Å². The van der Waals surface area contributed by atoms with Crippen LogP contribution < -0.4 is 9.50 Å². The molecule has 0 spiro atoms. The van der Waals surface area contributed by atoms with Gasteiger partial charge < -0.3 is 9.50 Å². The highest BCUT2D eigenvalue weighted by atomic mass is 32.2. The zero-order valence-corrected chi connectivity index (χ0v) is 16.8.